The number of sulfonamides is 1. The molecule has 1 unspecified atom stereocenters. The van der Waals surface area contributed by atoms with Gasteiger partial charge < -0.3 is 10.4 Å². The molecule has 2 rings (SSSR count). The Hall–Kier alpha value is -1.60. The average Bonchev–Trinajstić information content (AvgIpc) is 2.53. The van der Waals surface area contributed by atoms with Crippen LogP contribution in [0.4, 0.5) is 5.69 Å². The summed E-state index contributed by atoms with van der Waals surface area (Å²) in [5.74, 6) is -0.962. The second-order valence-corrected chi connectivity index (χ2v) is 7.34. The molecule has 0 aromatic heterocycles. The molecular weight excluding hydrogens is 304 g/mol. The van der Waals surface area contributed by atoms with Crippen LogP contribution in [-0.2, 0) is 14.8 Å². The van der Waals surface area contributed by atoms with Crippen LogP contribution in [-0.4, -0.2) is 42.9 Å². The normalized spacial score (nSPS) is 19.8. The van der Waals surface area contributed by atoms with Crippen molar-refractivity contribution in [1.82, 2.24) is 4.31 Å². The third-order valence-corrected chi connectivity index (χ3v) is 5.92. The number of aliphatic carboxylic acids is 1. The Bertz CT molecular complexity index is 613. The van der Waals surface area contributed by atoms with Crippen LogP contribution in [0.2, 0.25) is 0 Å². The van der Waals surface area contributed by atoms with E-state index >= 15 is 0 Å². The lowest BCUT2D eigenvalue weighted by Gasteiger charge is -2.34. The molecule has 0 saturated carbocycles. The summed E-state index contributed by atoms with van der Waals surface area (Å²) in [5.41, 5.74) is 0.590. The maximum absolute atomic E-state index is 12.7. The van der Waals surface area contributed by atoms with Gasteiger partial charge in [0.1, 0.15) is 6.54 Å². The average molecular weight is 326 g/mol. The van der Waals surface area contributed by atoms with Gasteiger partial charge in [0.25, 0.3) is 0 Å². The van der Waals surface area contributed by atoms with E-state index in [9.17, 15) is 13.2 Å². The van der Waals surface area contributed by atoms with Gasteiger partial charge in [-0.15, -0.1) is 0 Å². The van der Waals surface area contributed by atoms with E-state index in [0.29, 0.717) is 12.2 Å². The van der Waals surface area contributed by atoms with Crippen molar-refractivity contribution in [1.29, 1.82) is 0 Å². The second-order valence-electron chi connectivity index (χ2n) is 5.45. The molecule has 1 saturated heterocycles. The highest BCUT2D eigenvalue weighted by Gasteiger charge is 2.32. The van der Waals surface area contributed by atoms with Gasteiger partial charge in [-0.2, -0.15) is 4.31 Å². The smallest absolute Gasteiger partial charge is 0.322 e. The first-order valence-electron chi connectivity index (χ1n) is 7.52. The lowest BCUT2D eigenvalue weighted by atomic mass is 10.0. The van der Waals surface area contributed by atoms with Crippen molar-refractivity contribution in [3.05, 3.63) is 24.3 Å². The minimum absolute atomic E-state index is 0.0727. The topological polar surface area (TPSA) is 86.7 Å². The van der Waals surface area contributed by atoms with E-state index in [2.05, 4.69) is 5.32 Å². The Morgan fingerprint density at radius 2 is 2.00 bits per heavy atom. The Labute approximate surface area is 131 Å². The van der Waals surface area contributed by atoms with E-state index in [1.807, 2.05) is 6.92 Å². The summed E-state index contributed by atoms with van der Waals surface area (Å²) in [7, 11) is -3.48. The first-order chi connectivity index (χ1) is 10.4. The van der Waals surface area contributed by atoms with Crippen molar-refractivity contribution < 1.29 is 18.3 Å². The van der Waals surface area contributed by atoms with Gasteiger partial charge >= 0.3 is 5.97 Å². The zero-order chi connectivity index (χ0) is 16.2. The molecule has 1 aromatic rings. The number of carbonyl (C=O) groups is 1. The van der Waals surface area contributed by atoms with Crippen molar-refractivity contribution in [3.8, 4) is 0 Å². The first-order valence-corrected chi connectivity index (χ1v) is 8.96. The van der Waals surface area contributed by atoms with Gasteiger partial charge in [-0.3, -0.25) is 4.79 Å². The summed E-state index contributed by atoms with van der Waals surface area (Å²) in [6.45, 7) is 2.38. The van der Waals surface area contributed by atoms with Crippen molar-refractivity contribution in [2.75, 3.05) is 18.4 Å². The van der Waals surface area contributed by atoms with Gasteiger partial charge in [-0.25, -0.2) is 8.42 Å². The summed E-state index contributed by atoms with van der Waals surface area (Å²) < 4.78 is 27.1. The van der Waals surface area contributed by atoms with Crippen LogP contribution in [0.15, 0.2) is 29.2 Å². The molecule has 22 heavy (non-hydrogen) atoms. The first kappa shape index (κ1) is 16.8. The SMILES string of the molecule is CCC1CCCCN1S(=O)(=O)c1ccc(NCC(=O)O)cc1. The van der Waals surface area contributed by atoms with Crippen molar-refractivity contribution >= 4 is 21.7 Å². The molecule has 122 valence electrons. The molecule has 1 aliphatic rings. The maximum atomic E-state index is 12.7. The predicted molar refractivity (Wildman–Crippen MR) is 84.4 cm³/mol. The number of piperidine rings is 1. The fourth-order valence-electron chi connectivity index (χ4n) is 2.76. The number of hydrogen-bond acceptors (Lipinski definition) is 4. The van der Waals surface area contributed by atoms with Crippen molar-refractivity contribution in [3.63, 3.8) is 0 Å². The zero-order valence-electron chi connectivity index (χ0n) is 12.7. The van der Waals surface area contributed by atoms with Crippen LogP contribution in [0, 0.1) is 0 Å². The molecule has 0 spiro atoms. The van der Waals surface area contributed by atoms with Gasteiger partial charge in [0, 0.05) is 18.3 Å². The van der Waals surface area contributed by atoms with Crippen LogP contribution in [0.3, 0.4) is 0 Å². The highest BCUT2D eigenvalue weighted by atomic mass is 32.2. The second kappa shape index (κ2) is 7.11. The van der Waals surface area contributed by atoms with E-state index in [4.69, 9.17) is 5.11 Å². The minimum atomic E-state index is -3.48. The molecule has 0 bridgehead atoms. The maximum Gasteiger partial charge on any atom is 0.322 e. The molecule has 2 N–H and O–H groups in total. The standard InChI is InChI=1S/C15H22N2O4S/c1-2-13-5-3-4-10-17(13)22(20,21)14-8-6-12(7-9-14)16-11-15(18)19/h6-9,13,16H,2-5,10-11H2,1H3,(H,18,19). The van der Waals surface area contributed by atoms with E-state index in [1.54, 1.807) is 16.4 Å². The third kappa shape index (κ3) is 3.78. The van der Waals surface area contributed by atoms with Crippen LogP contribution in [0.5, 0.6) is 0 Å². The monoisotopic (exact) mass is 326 g/mol. The molecule has 1 aromatic carbocycles. The number of carboxylic acids is 1. The van der Waals surface area contributed by atoms with Crippen molar-refractivity contribution in [2.24, 2.45) is 0 Å². The van der Waals surface area contributed by atoms with E-state index in [1.165, 1.54) is 12.1 Å². The van der Waals surface area contributed by atoms with Gasteiger partial charge in [0.15, 0.2) is 0 Å². The summed E-state index contributed by atoms with van der Waals surface area (Å²) in [4.78, 5) is 10.8. The number of carboxylic acid groups (broad SMARTS) is 1. The molecule has 1 fully saturated rings. The molecule has 6 nitrogen and oxygen atoms in total. The summed E-state index contributed by atoms with van der Waals surface area (Å²) in [5, 5.41) is 11.3. The van der Waals surface area contributed by atoms with Crippen LogP contribution < -0.4 is 5.32 Å². The largest absolute Gasteiger partial charge is 0.480 e. The van der Waals surface area contributed by atoms with Crippen LogP contribution >= 0.6 is 0 Å². The van der Waals surface area contributed by atoms with Gasteiger partial charge in [-0.05, 0) is 43.5 Å². The number of hydrogen-bond donors (Lipinski definition) is 2. The molecule has 1 heterocycles. The van der Waals surface area contributed by atoms with E-state index < -0.39 is 16.0 Å². The number of benzene rings is 1. The quantitative estimate of drug-likeness (QED) is 0.836. The fourth-order valence-corrected chi connectivity index (χ4v) is 4.52. The van der Waals surface area contributed by atoms with Gasteiger partial charge in [0.2, 0.25) is 10.0 Å². The molecule has 1 atom stereocenters. The van der Waals surface area contributed by atoms with E-state index in [0.717, 1.165) is 25.7 Å². The van der Waals surface area contributed by atoms with E-state index in [-0.39, 0.29) is 17.5 Å². The Kier molecular flexibility index (Phi) is 5.42. The van der Waals surface area contributed by atoms with Crippen LogP contribution in [0.1, 0.15) is 32.6 Å². The lowest BCUT2D eigenvalue weighted by molar-refractivity contribution is -0.134. The number of anilines is 1. The predicted octanol–water partition coefficient (Wildman–Crippen LogP) is 2.14. The lowest BCUT2D eigenvalue weighted by Crippen LogP contribution is -2.43. The summed E-state index contributed by atoms with van der Waals surface area (Å²) in [6, 6.07) is 6.33. The summed E-state index contributed by atoms with van der Waals surface area (Å²) in [6.07, 6.45) is 3.70. The number of nitrogens with one attached hydrogen (secondary N) is 1. The highest BCUT2D eigenvalue weighted by Crippen LogP contribution is 2.27. The summed E-state index contributed by atoms with van der Waals surface area (Å²) >= 11 is 0. The molecule has 1 aliphatic heterocycles. The zero-order valence-corrected chi connectivity index (χ0v) is 13.5. The Morgan fingerprint density at radius 3 is 2.59 bits per heavy atom. The van der Waals surface area contributed by atoms with Gasteiger partial charge in [-0.1, -0.05) is 13.3 Å². The number of rotatable bonds is 6. The molecule has 0 radical (unpaired) electrons. The molecule has 0 aliphatic carbocycles. The minimum Gasteiger partial charge on any atom is -0.480 e. The number of nitrogens with zero attached hydrogens (tertiary/aromatic N) is 1. The van der Waals surface area contributed by atoms with Gasteiger partial charge in [0.05, 0.1) is 4.90 Å². The Balaban J connectivity index is 2.16. The van der Waals surface area contributed by atoms with Crippen LogP contribution in [0.25, 0.3) is 0 Å². The third-order valence-electron chi connectivity index (χ3n) is 3.95. The Morgan fingerprint density at radius 1 is 1.32 bits per heavy atom. The molecular formula is C15H22N2O4S. The van der Waals surface area contributed by atoms with Crippen molar-refractivity contribution in [2.45, 2.75) is 43.5 Å². The highest BCUT2D eigenvalue weighted by molar-refractivity contribution is 7.89. The fraction of sp³-hybridized carbons (Fsp3) is 0.533. The molecule has 0 amide bonds. The molecule has 7 heteroatoms.